The van der Waals surface area contributed by atoms with Gasteiger partial charge in [0.05, 0.1) is 35.6 Å². The summed E-state index contributed by atoms with van der Waals surface area (Å²) in [5, 5.41) is 1.64. The Morgan fingerprint density at radius 3 is 2.61 bits per heavy atom. The van der Waals surface area contributed by atoms with Crippen LogP contribution < -0.4 is 0 Å². The smallest absolute Gasteiger partial charge is 0.270 e. The van der Waals surface area contributed by atoms with Crippen molar-refractivity contribution in [1.82, 2.24) is 9.88 Å². The van der Waals surface area contributed by atoms with E-state index in [1.807, 2.05) is 19.4 Å². The monoisotopic (exact) mass is 484 g/mol. The third-order valence-corrected chi connectivity index (χ3v) is 7.71. The number of benzene rings is 2. The number of H-pyrrole nitrogens is 1. The molecule has 1 aromatic heterocycles. The molecule has 2 heterocycles. The number of nitrogens with zero attached hydrogens (tertiary/aromatic N) is 1. The molecule has 3 aromatic rings. The second-order valence-electron chi connectivity index (χ2n) is 8.86. The molecule has 5 nitrogen and oxygen atoms in total. The van der Waals surface area contributed by atoms with Crippen molar-refractivity contribution in [3.8, 4) is 0 Å². The summed E-state index contributed by atoms with van der Waals surface area (Å²) >= 11 is 12.5. The van der Waals surface area contributed by atoms with Gasteiger partial charge >= 0.3 is 0 Å². The Labute approximate surface area is 203 Å². The van der Waals surface area contributed by atoms with E-state index in [2.05, 4.69) is 29.2 Å². The number of nitrogens with one attached hydrogen (secondary N) is 1. The van der Waals surface area contributed by atoms with E-state index in [-0.39, 0.29) is 5.91 Å². The zero-order valence-corrected chi connectivity index (χ0v) is 20.2. The van der Waals surface area contributed by atoms with Crippen LogP contribution in [0.5, 0.6) is 0 Å². The summed E-state index contributed by atoms with van der Waals surface area (Å²) in [7, 11) is 3.53. The number of amides is 1. The summed E-state index contributed by atoms with van der Waals surface area (Å²) in [6.07, 6.45) is 4.98. The number of aromatic amines is 1. The molecule has 172 valence electrons. The van der Waals surface area contributed by atoms with Crippen LogP contribution in [0.25, 0.3) is 16.5 Å². The first kappa shape index (κ1) is 22.3. The Morgan fingerprint density at radius 2 is 1.97 bits per heavy atom. The van der Waals surface area contributed by atoms with Crippen LogP contribution >= 0.6 is 23.2 Å². The molecule has 33 heavy (non-hydrogen) atoms. The SMILES string of the molecule is CO/C=C(/c1ccc(C2(N(C)C(=O)c3cc4c(Cl)c(Cl)ccc4[nH]3)CCOC2)cc1)C1CC1. The molecule has 0 bridgehead atoms. The molecule has 5 rings (SSSR count). The highest BCUT2D eigenvalue weighted by molar-refractivity contribution is 6.45. The lowest BCUT2D eigenvalue weighted by Crippen LogP contribution is -2.48. The fraction of sp³-hybridized carbons (Fsp3) is 0.346. The topological polar surface area (TPSA) is 54.6 Å². The number of likely N-dealkylation sites (N-methyl/N-ethyl adjacent to an activating group) is 1. The molecule has 1 saturated heterocycles. The van der Waals surface area contributed by atoms with Crippen LogP contribution in [0.1, 0.15) is 40.9 Å². The maximum absolute atomic E-state index is 13.6. The van der Waals surface area contributed by atoms with E-state index in [1.165, 1.54) is 18.4 Å². The molecule has 1 unspecified atom stereocenters. The second-order valence-corrected chi connectivity index (χ2v) is 9.65. The Kier molecular flexibility index (Phi) is 5.89. The summed E-state index contributed by atoms with van der Waals surface area (Å²) in [6.45, 7) is 1.05. The molecule has 2 fully saturated rings. The average Bonchev–Trinajstić information content (AvgIpc) is 3.37. The van der Waals surface area contributed by atoms with Gasteiger partial charge in [-0.1, -0.05) is 47.5 Å². The van der Waals surface area contributed by atoms with Gasteiger partial charge < -0.3 is 19.4 Å². The lowest BCUT2D eigenvalue weighted by atomic mass is 9.86. The van der Waals surface area contributed by atoms with Crippen LogP contribution in [0.2, 0.25) is 10.0 Å². The summed E-state index contributed by atoms with van der Waals surface area (Å²) in [4.78, 5) is 18.6. The van der Waals surface area contributed by atoms with Crippen molar-refractivity contribution in [2.45, 2.75) is 24.8 Å². The number of halogens is 2. The third kappa shape index (κ3) is 3.92. The molecule has 1 aliphatic heterocycles. The van der Waals surface area contributed by atoms with Gasteiger partial charge in [0.2, 0.25) is 0 Å². The minimum atomic E-state index is -0.543. The molecule has 7 heteroatoms. The van der Waals surface area contributed by atoms with Gasteiger partial charge in [0.25, 0.3) is 5.91 Å². The zero-order valence-electron chi connectivity index (χ0n) is 18.7. The van der Waals surface area contributed by atoms with E-state index in [0.29, 0.717) is 34.9 Å². The minimum absolute atomic E-state index is 0.120. The molecule has 1 saturated carbocycles. The van der Waals surface area contributed by atoms with Crippen molar-refractivity contribution in [3.05, 3.63) is 75.6 Å². The summed E-state index contributed by atoms with van der Waals surface area (Å²) in [5.41, 5.74) is 4.16. The van der Waals surface area contributed by atoms with Crippen molar-refractivity contribution in [2.75, 3.05) is 27.4 Å². The standard InChI is InChI=1S/C26H26Cl2N2O3/c1-30(25(31)23-13-19-22(29-23)10-9-21(27)24(19)28)26(11-12-33-15-26)18-7-5-17(6-8-18)20(14-32-2)16-3-4-16/h5-10,13-14,16,29H,3-4,11-12,15H2,1-2H3/b20-14+. The first-order valence-corrected chi connectivity index (χ1v) is 11.9. The molecule has 0 spiro atoms. The highest BCUT2D eigenvalue weighted by Gasteiger charge is 2.43. The van der Waals surface area contributed by atoms with E-state index in [9.17, 15) is 4.79 Å². The maximum atomic E-state index is 13.6. The molecule has 1 amide bonds. The van der Waals surface area contributed by atoms with E-state index < -0.39 is 5.54 Å². The maximum Gasteiger partial charge on any atom is 0.270 e. The number of carbonyl (C=O) groups excluding carboxylic acids is 1. The van der Waals surface area contributed by atoms with Crippen molar-refractivity contribution in [2.24, 2.45) is 5.92 Å². The second kappa shape index (κ2) is 8.71. The normalized spacial score (nSPS) is 20.9. The molecule has 1 aliphatic carbocycles. The molecule has 1 atom stereocenters. The molecular weight excluding hydrogens is 459 g/mol. The van der Waals surface area contributed by atoms with Crippen molar-refractivity contribution < 1.29 is 14.3 Å². The third-order valence-electron chi connectivity index (χ3n) is 6.89. The van der Waals surface area contributed by atoms with Crippen molar-refractivity contribution in [1.29, 1.82) is 0 Å². The first-order chi connectivity index (χ1) is 15.9. The van der Waals surface area contributed by atoms with Gasteiger partial charge in [-0.25, -0.2) is 0 Å². The van der Waals surface area contributed by atoms with Crippen LogP contribution in [0.3, 0.4) is 0 Å². The summed E-state index contributed by atoms with van der Waals surface area (Å²) in [6, 6.07) is 13.8. The number of rotatable bonds is 6. The number of hydrogen-bond acceptors (Lipinski definition) is 3. The fourth-order valence-corrected chi connectivity index (χ4v) is 5.15. The average molecular weight is 485 g/mol. The zero-order chi connectivity index (χ0) is 23.2. The van der Waals surface area contributed by atoms with E-state index >= 15 is 0 Å². The molecule has 0 radical (unpaired) electrons. The highest BCUT2D eigenvalue weighted by Crippen LogP contribution is 2.43. The Balaban J connectivity index is 1.47. The predicted octanol–water partition coefficient (Wildman–Crippen LogP) is 6.26. The molecule has 1 N–H and O–H groups in total. The number of allylic oxidation sites excluding steroid dienone is 1. The summed E-state index contributed by atoms with van der Waals surface area (Å²) < 4.78 is 11.1. The van der Waals surface area contributed by atoms with Crippen LogP contribution in [0.4, 0.5) is 0 Å². The van der Waals surface area contributed by atoms with E-state index in [0.717, 1.165) is 28.5 Å². The van der Waals surface area contributed by atoms with Crippen LogP contribution in [-0.2, 0) is 15.0 Å². The first-order valence-electron chi connectivity index (χ1n) is 11.1. The quantitative estimate of drug-likeness (QED) is 0.420. The lowest BCUT2D eigenvalue weighted by molar-refractivity contribution is 0.0490. The number of ether oxygens (including phenoxy) is 2. The Hall–Kier alpha value is -2.47. The number of fused-ring (bicyclic) bond motifs is 1. The number of aromatic nitrogens is 1. The minimum Gasteiger partial charge on any atom is -0.504 e. The largest absolute Gasteiger partial charge is 0.504 e. The summed E-state index contributed by atoms with van der Waals surface area (Å²) in [5.74, 6) is 0.456. The van der Waals surface area contributed by atoms with Gasteiger partial charge in [0.15, 0.2) is 0 Å². The van der Waals surface area contributed by atoms with Gasteiger partial charge in [-0.15, -0.1) is 0 Å². The predicted molar refractivity (Wildman–Crippen MR) is 132 cm³/mol. The number of hydrogen-bond donors (Lipinski definition) is 1. The van der Waals surface area contributed by atoms with E-state index in [1.54, 1.807) is 24.1 Å². The van der Waals surface area contributed by atoms with Gasteiger partial charge in [-0.3, -0.25) is 4.79 Å². The van der Waals surface area contributed by atoms with Gasteiger partial charge in [0, 0.05) is 31.0 Å². The lowest BCUT2D eigenvalue weighted by Gasteiger charge is -2.38. The van der Waals surface area contributed by atoms with Crippen LogP contribution in [0.15, 0.2) is 48.7 Å². The fourth-order valence-electron chi connectivity index (χ4n) is 4.77. The van der Waals surface area contributed by atoms with Gasteiger partial charge in [-0.05, 0) is 53.7 Å². The molecule has 2 aromatic carbocycles. The molecular formula is C26H26Cl2N2O3. The number of methoxy groups -OCH3 is 1. The van der Waals surface area contributed by atoms with Crippen molar-refractivity contribution >= 4 is 45.6 Å². The number of carbonyl (C=O) groups is 1. The van der Waals surface area contributed by atoms with Crippen LogP contribution in [-0.4, -0.2) is 43.2 Å². The van der Waals surface area contributed by atoms with Gasteiger partial charge in [0.1, 0.15) is 5.69 Å². The van der Waals surface area contributed by atoms with Crippen molar-refractivity contribution in [3.63, 3.8) is 0 Å². The highest BCUT2D eigenvalue weighted by atomic mass is 35.5. The Bertz CT molecular complexity index is 1220. The molecule has 2 aliphatic rings. The van der Waals surface area contributed by atoms with E-state index in [4.69, 9.17) is 32.7 Å². The van der Waals surface area contributed by atoms with Gasteiger partial charge in [-0.2, -0.15) is 0 Å². The Morgan fingerprint density at radius 1 is 1.21 bits per heavy atom. The van der Waals surface area contributed by atoms with Crippen LogP contribution in [0, 0.1) is 5.92 Å².